The molecule has 0 bridgehead atoms. The molecule has 6 nitrogen and oxygen atoms in total. The maximum Gasteiger partial charge on any atom is 0.412 e. The minimum atomic E-state index is -0.554. The van der Waals surface area contributed by atoms with E-state index in [1.807, 2.05) is 14.1 Å². The van der Waals surface area contributed by atoms with Gasteiger partial charge < -0.3 is 15.0 Å². The molecule has 0 saturated heterocycles. The van der Waals surface area contributed by atoms with E-state index in [4.69, 9.17) is 4.74 Å². The summed E-state index contributed by atoms with van der Waals surface area (Å²) in [6, 6.07) is 6.91. The van der Waals surface area contributed by atoms with Crippen LogP contribution in [-0.4, -0.2) is 43.1 Å². The number of carbonyl (C=O) groups is 2. The first-order valence-electron chi connectivity index (χ1n) is 6.70. The smallest absolute Gasteiger partial charge is 0.412 e. The Morgan fingerprint density at radius 3 is 2.24 bits per heavy atom. The Morgan fingerprint density at radius 2 is 1.71 bits per heavy atom. The SMILES string of the molecule is CN(C)CC(=O)Nc1cccc(NC(=O)OC(C)(C)C)c1. The minimum Gasteiger partial charge on any atom is -0.444 e. The number of carbonyl (C=O) groups excluding carboxylic acids is 2. The lowest BCUT2D eigenvalue weighted by Gasteiger charge is -2.19. The van der Waals surface area contributed by atoms with Gasteiger partial charge in [0, 0.05) is 11.4 Å². The maximum absolute atomic E-state index is 11.7. The average Bonchev–Trinajstić information content (AvgIpc) is 2.24. The van der Waals surface area contributed by atoms with E-state index in [0.717, 1.165) is 0 Å². The van der Waals surface area contributed by atoms with Crippen molar-refractivity contribution in [1.29, 1.82) is 0 Å². The highest BCUT2D eigenvalue weighted by Crippen LogP contribution is 2.16. The second kappa shape index (κ2) is 7.08. The van der Waals surface area contributed by atoms with Crippen LogP contribution in [0.3, 0.4) is 0 Å². The van der Waals surface area contributed by atoms with Crippen LogP contribution in [-0.2, 0) is 9.53 Å². The van der Waals surface area contributed by atoms with Gasteiger partial charge in [0.1, 0.15) is 5.60 Å². The fourth-order valence-electron chi connectivity index (χ4n) is 1.58. The van der Waals surface area contributed by atoms with Gasteiger partial charge >= 0.3 is 6.09 Å². The molecule has 0 aliphatic carbocycles. The predicted octanol–water partition coefficient (Wildman–Crippen LogP) is 2.53. The molecule has 1 rings (SSSR count). The van der Waals surface area contributed by atoms with Crippen LogP contribution in [0.1, 0.15) is 20.8 Å². The molecule has 6 heteroatoms. The fraction of sp³-hybridized carbons (Fsp3) is 0.467. The monoisotopic (exact) mass is 293 g/mol. The normalized spacial score (nSPS) is 11.1. The van der Waals surface area contributed by atoms with E-state index in [0.29, 0.717) is 17.9 Å². The number of nitrogens with zero attached hydrogens (tertiary/aromatic N) is 1. The Hall–Kier alpha value is -2.08. The number of amides is 2. The zero-order chi connectivity index (χ0) is 16.0. The number of benzene rings is 1. The maximum atomic E-state index is 11.7. The first-order valence-corrected chi connectivity index (χ1v) is 6.70. The molecule has 116 valence electrons. The summed E-state index contributed by atoms with van der Waals surface area (Å²) in [6.45, 7) is 5.68. The van der Waals surface area contributed by atoms with E-state index >= 15 is 0 Å². The van der Waals surface area contributed by atoms with Crippen molar-refractivity contribution in [3.8, 4) is 0 Å². The molecule has 0 saturated carbocycles. The number of rotatable bonds is 4. The van der Waals surface area contributed by atoms with E-state index in [9.17, 15) is 9.59 Å². The second-order valence-corrected chi connectivity index (χ2v) is 5.99. The Labute approximate surface area is 125 Å². The predicted molar refractivity (Wildman–Crippen MR) is 83.5 cm³/mol. The quantitative estimate of drug-likeness (QED) is 0.895. The molecule has 21 heavy (non-hydrogen) atoms. The van der Waals surface area contributed by atoms with E-state index in [1.165, 1.54) is 0 Å². The van der Waals surface area contributed by atoms with Crippen molar-refractivity contribution in [3.63, 3.8) is 0 Å². The Bertz CT molecular complexity index is 507. The van der Waals surface area contributed by atoms with Crippen LogP contribution >= 0.6 is 0 Å². The molecule has 0 atom stereocenters. The molecule has 2 amide bonds. The molecule has 0 spiro atoms. The van der Waals surface area contributed by atoms with Crippen LogP contribution in [0.15, 0.2) is 24.3 Å². The van der Waals surface area contributed by atoms with Gasteiger partial charge in [-0.25, -0.2) is 4.79 Å². The summed E-state index contributed by atoms with van der Waals surface area (Å²) in [7, 11) is 3.64. The van der Waals surface area contributed by atoms with Crippen molar-refractivity contribution in [2.24, 2.45) is 0 Å². The van der Waals surface area contributed by atoms with Crippen molar-refractivity contribution in [1.82, 2.24) is 4.90 Å². The van der Waals surface area contributed by atoms with Gasteiger partial charge in [-0.3, -0.25) is 10.1 Å². The molecule has 1 aromatic rings. The first kappa shape index (κ1) is 17.0. The topological polar surface area (TPSA) is 70.7 Å². The lowest BCUT2D eigenvalue weighted by molar-refractivity contribution is -0.116. The van der Waals surface area contributed by atoms with Gasteiger partial charge in [-0.05, 0) is 53.1 Å². The van der Waals surface area contributed by atoms with Crippen molar-refractivity contribution >= 4 is 23.4 Å². The summed E-state index contributed by atoms with van der Waals surface area (Å²) in [4.78, 5) is 25.1. The number of hydrogen-bond donors (Lipinski definition) is 2. The number of hydrogen-bond acceptors (Lipinski definition) is 4. The zero-order valence-corrected chi connectivity index (χ0v) is 13.2. The second-order valence-electron chi connectivity index (χ2n) is 5.99. The number of likely N-dealkylation sites (N-methyl/N-ethyl adjacent to an activating group) is 1. The van der Waals surface area contributed by atoms with Crippen LogP contribution in [0.25, 0.3) is 0 Å². The molecule has 0 aliphatic rings. The van der Waals surface area contributed by atoms with Crippen LogP contribution < -0.4 is 10.6 Å². The Morgan fingerprint density at radius 1 is 1.14 bits per heavy atom. The highest BCUT2D eigenvalue weighted by atomic mass is 16.6. The van der Waals surface area contributed by atoms with Gasteiger partial charge in [-0.2, -0.15) is 0 Å². The molecule has 0 radical (unpaired) electrons. The van der Waals surface area contributed by atoms with E-state index in [-0.39, 0.29) is 5.91 Å². The summed E-state index contributed by atoms with van der Waals surface area (Å²) in [5, 5.41) is 5.39. The summed E-state index contributed by atoms with van der Waals surface area (Å²) in [6.07, 6.45) is -0.528. The molecule has 0 aliphatic heterocycles. The summed E-state index contributed by atoms with van der Waals surface area (Å²) in [5.74, 6) is -0.116. The lowest BCUT2D eigenvalue weighted by Crippen LogP contribution is -2.27. The Balaban J connectivity index is 2.64. The number of anilines is 2. The van der Waals surface area contributed by atoms with Gasteiger partial charge in [0.05, 0.1) is 6.54 Å². The van der Waals surface area contributed by atoms with Crippen LogP contribution in [0.2, 0.25) is 0 Å². The van der Waals surface area contributed by atoms with Crippen LogP contribution in [0.4, 0.5) is 16.2 Å². The highest BCUT2D eigenvalue weighted by Gasteiger charge is 2.16. The zero-order valence-electron chi connectivity index (χ0n) is 13.2. The number of nitrogens with one attached hydrogen (secondary N) is 2. The molecule has 1 aromatic carbocycles. The summed E-state index contributed by atoms with van der Waals surface area (Å²) >= 11 is 0. The fourth-order valence-corrected chi connectivity index (χ4v) is 1.58. The third-order valence-electron chi connectivity index (χ3n) is 2.25. The molecule has 0 heterocycles. The molecule has 0 unspecified atom stereocenters. The van der Waals surface area contributed by atoms with Crippen molar-refractivity contribution in [2.75, 3.05) is 31.3 Å². The molecule has 2 N–H and O–H groups in total. The molecular formula is C15H23N3O3. The van der Waals surface area contributed by atoms with Crippen LogP contribution in [0, 0.1) is 0 Å². The third-order valence-corrected chi connectivity index (χ3v) is 2.25. The third kappa shape index (κ3) is 7.31. The lowest BCUT2D eigenvalue weighted by atomic mass is 10.2. The molecule has 0 fully saturated rings. The first-order chi connectivity index (χ1) is 9.65. The molecular weight excluding hydrogens is 270 g/mol. The van der Waals surface area contributed by atoms with E-state index in [2.05, 4.69) is 10.6 Å². The van der Waals surface area contributed by atoms with Crippen molar-refractivity contribution < 1.29 is 14.3 Å². The van der Waals surface area contributed by atoms with Gasteiger partial charge in [0.25, 0.3) is 0 Å². The summed E-state index contributed by atoms with van der Waals surface area (Å²) < 4.78 is 5.17. The van der Waals surface area contributed by atoms with Crippen LogP contribution in [0.5, 0.6) is 0 Å². The summed E-state index contributed by atoms with van der Waals surface area (Å²) in [5.41, 5.74) is 0.629. The van der Waals surface area contributed by atoms with Gasteiger partial charge in [0.2, 0.25) is 5.91 Å². The van der Waals surface area contributed by atoms with E-state index < -0.39 is 11.7 Å². The van der Waals surface area contributed by atoms with Gasteiger partial charge in [-0.1, -0.05) is 6.07 Å². The molecule has 0 aromatic heterocycles. The number of ether oxygens (including phenoxy) is 1. The Kier molecular flexibility index (Phi) is 5.72. The van der Waals surface area contributed by atoms with Crippen molar-refractivity contribution in [2.45, 2.75) is 26.4 Å². The highest BCUT2D eigenvalue weighted by molar-refractivity contribution is 5.93. The average molecular weight is 293 g/mol. The van der Waals surface area contributed by atoms with Crippen molar-refractivity contribution in [3.05, 3.63) is 24.3 Å². The van der Waals surface area contributed by atoms with E-state index in [1.54, 1.807) is 49.9 Å². The van der Waals surface area contributed by atoms with Gasteiger partial charge in [0.15, 0.2) is 0 Å². The van der Waals surface area contributed by atoms with Gasteiger partial charge in [-0.15, -0.1) is 0 Å². The largest absolute Gasteiger partial charge is 0.444 e. The minimum absolute atomic E-state index is 0.116. The standard InChI is InChI=1S/C15H23N3O3/c1-15(2,3)21-14(20)17-12-8-6-7-11(9-12)16-13(19)10-18(4)5/h6-9H,10H2,1-5H3,(H,16,19)(H,17,20).